The summed E-state index contributed by atoms with van der Waals surface area (Å²) in [7, 11) is 0. The van der Waals surface area contributed by atoms with Gasteiger partial charge in [0.15, 0.2) is 0 Å². The van der Waals surface area contributed by atoms with Gasteiger partial charge >= 0.3 is 6.09 Å². The van der Waals surface area contributed by atoms with Gasteiger partial charge in [-0.1, -0.05) is 59.8 Å². The van der Waals surface area contributed by atoms with E-state index in [4.69, 9.17) is 10.5 Å². The molecule has 2 saturated carbocycles. The van der Waals surface area contributed by atoms with Gasteiger partial charge in [0.2, 0.25) is 17.6 Å². The summed E-state index contributed by atoms with van der Waals surface area (Å²) < 4.78 is 5.43. The second-order valence-corrected chi connectivity index (χ2v) is 14.0. The smallest absolute Gasteiger partial charge is 0.408 e. The number of carbonyl (C=O) groups excluding carboxylic acids is 5. The van der Waals surface area contributed by atoms with Crippen LogP contribution in [0.2, 0.25) is 0 Å². The molecule has 1 saturated heterocycles. The standard InChI is InChI=1S/C29H48N4O6/c1-8-10-18-14-29(18)15-20(24(36)31-19(21(34)23(30)35)13-17-11-9-12-17)33(16-29)25(37)22(27(2,3)4)32-26(38)39-28(5,6)7/h17-20,22H,8-16H2,1-7H3,(H2,30,35)(H,31,36)(H,32,38)/t18?,19?,20-,22+,29+/m0/s1. The van der Waals surface area contributed by atoms with Gasteiger partial charge in [0.1, 0.15) is 17.7 Å². The molecular formula is C29H48N4O6. The lowest BCUT2D eigenvalue weighted by Crippen LogP contribution is -2.59. The molecule has 4 amide bonds. The van der Waals surface area contributed by atoms with Crippen LogP contribution in [0.25, 0.3) is 0 Å². The molecule has 10 nitrogen and oxygen atoms in total. The number of hydrogen-bond donors (Lipinski definition) is 3. The second kappa shape index (κ2) is 11.5. The van der Waals surface area contributed by atoms with Crippen molar-refractivity contribution >= 4 is 29.6 Å². The highest BCUT2D eigenvalue weighted by atomic mass is 16.6. The van der Waals surface area contributed by atoms with Crippen LogP contribution in [0.4, 0.5) is 4.79 Å². The van der Waals surface area contributed by atoms with Crippen LogP contribution in [0.5, 0.6) is 0 Å². The maximum Gasteiger partial charge on any atom is 0.408 e. The van der Waals surface area contributed by atoms with Crippen molar-refractivity contribution in [2.75, 3.05) is 6.54 Å². The number of primary amides is 1. The number of amides is 4. The van der Waals surface area contributed by atoms with Crippen molar-refractivity contribution in [2.24, 2.45) is 28.4 Å². The Morgan fingerprint density at radius 1 is 1.03 bits per heavy atom. The Hall–Kier alpha value is -2.65. The minimum atomic E-state index is -1.07. The lowest BCUT2D eigenvalue weighted by molar-refractivity contribution is -0.143. The molecule has 0 aromatic carbocycles. The highest BCUT2D eigenvalue weighted by molar-refractivity contribution is 6.37. The summed E-state index contributed by atoms with van der Waals surface area (Å²) in [6, 6.07) is -2.74. The minimum Gasteiger partial charge on any atom is -0.444 e. The van der Waals surface area contributed by atoms with E-state index in [9.17, 15) is 24.0 Å². The number of nitrogens with zero attached hydrogens (tertiary/aromatic N) is 1. The van der Waals surface area contributed by atoms with Gasteiger partial charge in [0.05, 0.1) is 6.04 Å². The zero-order valence-corrected chi connectivity index (χ0v) is 24.7. The summed E-state index contributed by atoms with van der Waals surface area (Å²) in [6.45, 7) is 13.3. The van der Waals surface area contributed by atoms with Gasteiger partial charge in [-0.15, -0.1) is 0 Å². The lowest BCUT2D eigenvalue weighted by atomic mass is 9.80. The fourth-order valence-corrected chi connectivity index (χ4v) is 6.08. The number of rotatable bonds is 10. The maximum absolute atomic E-state index is 14.1. The van der Waals surface area contributed by atoms with E-state index < -0.39 is 52.8 Å². The molecule has 2 aliphatic carbocycles. The van der Waals surface area contributed by atoms with Crippen LogP contribution in [0.15, 0.2) is 0 Å². The third-order valence-corrected chi connectivity index (χ3v) is 8.49. The molecule has 4 N–H and O–H groups in total. The number of alkyl carbamates (subject to hydrolysis) is 1. The molecule has 0 radical (unpaired) electrons. The van der Waals surface area contributed by atoms with Crippen LogP contribution in [0.3, 0.4) is 0 Å². The SMILES string of the molecule is CCCC1C[C@]12C[C@@H](C(=O)NC(CC1CCC1)C(=O)C(N)=O)N(C(=O)[C@@H](NC(=O)OC(C)(C)C)C(C)(C)C)C2. The molecule has 2 unspecified atom stereocenters. The van der Waals surface area contributed by atoms with E-state index in [0.29, 0.717) is 25.3 Å². The molecule has 10 heteroatoms. The molecule has 0 aromatic rings. The Morgan fingerprint density at radius 2 is 1.67 bits per heavy atom. The normalized spacial score (nSPS) is 26.4. The van der Waals surface area contributed by atoms with E-state index >= 15 is 0 Å². The fourth-order valence-electron chi connectivity index (χ4n) is 6.08. The summed E-state index contributed by atoms with van der Waals surface area (Å²) in [5.41, 5.74) is 3.75. The number of ether oxygens (including phenoxy) is 1. The Balaban J connectivity index is 1.85. The van der Waals surface area contributed by atoms with Crippen molar-refractivity contribution in [1.29, 1.82) is 0 Å². The first kappa shape index (κ1) is 30.9. The van der Waals surface area contributed by atoms with Crippen molar-refractivity contribution < 1.29 is 28.7 Å². The first-order valence-electron chi connectivity index (χ1n) is 14.4. The number of likely N-dealkylation sites (tertiary alicyclic amines) is 1. The number of nitrogens with two attached hydrogens (primary N) is 1. The van der Waals surface area contributed by atoms with Crippen molar-refractivity contribution in [3.05, 3.63) is 0 Å². The van der Waals surface area contributed by atoms with Gasteiger partial charge in [0.25, 0.3) is 5.91 Å². The average molecular weight is 549 g/mol. The summed E-state index contributed by atoms with van der Waals surface area (Å²) in [5, 5.41) is 5.54. The van der Waals surface area contributed by atoms with Gasteiger partial charge in [-0.05, 0) is 62.7 Å². The molecule has 220 valence electrons. The third kappa shape index (κ3) is 7.51. The quantitative estimate of drug-likeness (QED) is 0.357. The van der Waals surface area contributed by atoms with E-state index in [2.05, 4.69) is 17.6 Å². The van der Waals surface area contributed by atoms with Crippen molar-refractivity contribution in [1.82, 2.24) is 15.5 Å². The fraction of sp³-hybridized carbons (Fsp3) is 0.828. The number of carbonyl (C=O) groups is 5. The molecule has 39 heavy (non-hydrogen) atoms. The van der Waals surface area contributed by atoms with Gasteiger partial charge in [-0.3, -0.25) is 19.2 Å². The molecule has 3 aliphatic rings. The van der Waals surface area contributed by atoms with E-state index in [0.717, 1.165) is 38.5 Å². The summed E-state index contributed by atoms with van der Waals surface area (Å²) in [5.74, 6) is -2.02. The van der Waals surface area contributed by atoms with Crippen LogP contribution in [-0.4, -0.2) is 64.8 Å². The maximum atomic E-state index is 14.1. The van der Waals surface area contributed by atoms with E-state index in [1.54, 1.807) is 25.7 Å². The molecule has 1 aliphatic heterocycles. The molecular weight excluding hydrogens is 500 g/mol. The number of ketones is 1. The van der Waals surface area contributed by atoms with E-state index in [-0.39, 0.29) is 17.2 Å². The first-order valence-corrected chi connectivity index (χ1v) is 14.4. The Kier molecular flexibility index (Phi) is 9.07. The Morgan fingerprint density at radius 3 is 2.15 bits per heavy atom. The molecule has 3 fully saturated rings. The van der Waals surface area contributed by atoms with Crippen molar-refractivity contribution in [2.45, 2.75) is 124 Å². The molecule has 5 atom stereocenters. The monoisotopic (exact) mass is 548 g/mol. The predicted octanol–water partition coefficient (Wildman–Crippen LogP) is 3.06. The second-order valence-electron chi connectivity index (χ2n) is 14.0. The minimum absolute atomic E-state index is 0.154. The van der Waals surface area contributed by atoms with Crippen LogP contribution in [0, 0.1) is 22.7 Å². The molecule has 1 spiro atoms. The average Bonchev–Trinajstić information content (AvgIpc) is 3.27. The Bertz CT molecular complexity index is 979. The Labute approximate surface area is 232 Å². The number of hydrogen-bond acceptors (Lipinski definition) is 6. The predicted molar refractivity (Wildman–Crippen MR) is 146 cm³/mol. The van der Waals surface area contributed by atoms with Crippen LogP contribution in [0.1, 0.15) is 99.8 Å². The highest BCUT2D eigenvalue weighted by Gasteiger charge is 2.62. The number of nitrogens with one attached hydrogen (secondary N) is 2. The zero-order valence-electron chi connectivity index (χ0n) is 24.7. The largest absolute Gasteiger partial charge is 0.444 e. The first-order chi connectivity index (χ1) is 18.0. The zero-order chi connectivity index (χ0) is 29.3. The molecule has 0 bridgehead atoms. The number of Topliss-reactive ketones (excluding diaryl/α,β-unsaturated/α-hetero) is 1. The topological polar surface area (TPSA) is 148 Å². The van der Waals surface area contributed by atoms with Gasteiger partial charge in [-0.25, -0.2) is 4.79 Å². The lowest BCUT2D eigenvalue weighted by Gasteiger charge is -2.36. The van der Waals surface area contributed by atoms with Gasteiger partial charge < -0.3 is 26.0 Å². The van der Waals surface area contributed by atoms with Crippen molar-refractivity contribution in [3.63, 3.8) is 0 Å². The molecule has 3 rings (SSSR count). The van der Waals surface area contributed by atoms with Crippen LogP contribution >= 0.6 is 0 Å². The van der Waals surface area contributed by atoms with Crippen molar-refractivity contribution in [3.8, 4) is 0 Å². The van der Waals surface area contributed by atoms with E-state index in [1.165, 1.54) is 0 Å². The van der Waals surface area contributed by atoms with E-state index in [1.807, 2.05) is 20.8 Å². The van der Waals surface area contributed by atoms with Crippen LogP contribution in [-0.2, 0) is 23.9 Å². The summed E-state index contributed by atoms with van der Waals surface area (Å²) >= 11 is 0. The van der Waals surface area contributed by atoms with Crippen LogP contribution < -0.4 is 16.4 Å². The highest BCUT2D eigenvalue weighted by Crippen LogP contribution is 2.62. The summed E-state index contributed by atoms with van der Waals surface area (Å²) in [4.78, 5) is 66.4. The molecule has 0 aromatic heterocycles. The van der Waals surface area contributed by atoms with Gasteiger partial charge in [0, 0.05) is 6.54 Å². The summed E-state index contributed by atoms with van der Waals surface area (Å²) in [6.07, 6.45) is 6.05. The molecule has 1 heterocycles. The van der Waals surface area contributed by atoms with Gasteiger partial charge in [-0.2, -0.15) is 0 Å². The third-order valence-electron chi connectivity index (χ3n) is 8.49.